The minimum atomic E-state index is -0.540. The lowest BCUT2D eigenvalue weighted by atomic mass is 10.2. The molecule has 3 N–H and O–H groups in total. The third-order valence-corrected chi connectivity index (χ3v) is 6.99. The second-order valence-electron chi connectivity index (χ2n) is 7.25. The summed E-state index contributed by atoms with van der Waals surface area (Å²) in [6.45, 7) is 1.93. The third kappa shape index (κ3) is 5.73. The van der Waals surface area contributed by atoms with E-state index in [4.69, 9.17) is 17.3 Å². The number of halogens is 1. The molecule has 1 amide bonds. The van der Waals surface area contributed by atoms with Crippen LogP contribution in [-0.2, 0) is 11.2 Å². The fraction of sp³-hybridized carbons (Fsp3) is 0.217. The van der Waals surface area contributed by atoms with E-state index in [1.54, 1.807) is 4.57 Å². The quantitative estimate of drug-likeness (QED) is 0.293. The van der Waals surface area contributed by atoms with E-state index in [1.807, 2.05) is 54.8 Å². The first kappa shape index (κ1) is 23.3. The summed E-state index contributed by atoms with van der Waals surface area (Å²) in [6, 6.07) is 17.1. The van der Waals surface area contributed by atoms with Gasteiger partial charge in [0.1, 0.15) is 6.04 Å². The summed E-state index contributed by atoms with van der Waals surface area (Å²) in [7, 11) is 0. The molecule has 170 valence electrons. The Kier molecular flexibility index (Phi) is 7.64. The monoisotopic (exact) mass is 498 g/mol. The lowest BCUT2D eigenvalue weighted by molar-refractivity contribution is -0.119. The Balaban J connectivity index is 1.44. The summed E-state index contributed by atoms with van der Waals surface area (Å²) in [6.07, 6.45) is 1.42. The SMILES string of the molecule is CCC(C(=O)Nc1nc(-c2ccc(Cl)cc2)cs1)n1c(N)nnc1SCCc1ccccc1. The molecule has 33 heavy (non-hydrogen) atoms. The Labute approximate surface area is 205 Å². The van der Waals surface area contributed by atoms with Crippen LogP contribution in [0, 0.1) is 0 Å². The van der Waals surface area contributed by atoms with Gasteiger partial charge in [-0.2, -0.15) is 0 Å². The number of rotatable bonds is 9. The van der Waals surface area contributed by atoms with Crippen molar-refractivity contribution in [3.63, 3.8) is 0 Å². The third-order valence-electron chi connectivity index (χ3n) is 5.03. The van der Waals surface area contributed by atoms with Crippen molar-refractivity contribution >= 4 is 51.7 Å². The molecule has 0 saturated heterocycles. The maximum atomic E-state index is 13.1. The summed E-state index contributed by atoms with van der Waals surface area (Å²) in [5, 5.41) is 14.9. The molecule has 2 aromatic heterocycles. The van der Waals surface area contributed by atoms with Crippen molar-refractivity contribution in [3.8, 4) is 11.3 Å². The van der Waals surface area contributed by atoms with Gasteiger partial charge < -0.3 is 11.1 Å². The Hall–Kier alpha value is -2.88. The molecule has 0 aliphatic rings. The highest BCUT2D eigenvalue weighted by Gasteiger charge is 2.25. The summed E-state index contributed by atoms with van der Waals surface area (Å²) in [5.74, 6) is 0.822. The summed E-state index contributed by atoms with van der Waals surface area (Å²) in [4.78, 5) is 17.7. The summed E-state index contributed by atoms with van der Waals surface area (Å²) >= 11 is 8.87. The first-order valence-electron chi connectivity index (χ1n) is 10.4. The van der Waals surface area contributed by atoms with Crippen LogP contribution in [0.4, 0.5) is 11.1 Å². The number of amides is 1. The van der Waals surface area contributed by atoms with Gasteiger partial charge in [0.15, 0.2) is 10.3 Å². The Morgan fingerprint density at radius 3 is 2.67 bits per heavy atom. The zero-order chi connectivity index (χ0) is 23.2. The number of hydrogen-bond donors (Lipinski definition) is 2. The van der Waals surface area contributed by atoms with Crippen LogP contribution in [0.2, 0.25) is 5.02 Å². The number of aryl methyl sites for hydroxylation is 1. The average Bonchev–Trinajstić information content (AvgIpc) is 3.43. The minimum Gasteiger partial charge on any atom is -0.368 e. The van der Waals surface area contributed by atoms with Crippen LogP contribution in [0.1, 0.15) is 24.9 Å². The zero-order valence-corrected chi connectivity index (χ0v) is 20.3. The molecule has 0 aliphatic heterocycles. The molecular weight excluding hydrogens is 476 g/mol. The number of thiazole rings is 1. The Bertz CT molecular complexity index is 1210. The van der Waals surface area contributed by atoms with Gasteiger partial charge in [-0.3, -0.25) is 9.36 Å². The lowest BCUT2D eigenvalue weighted by Gasteiger charge is -2.18. The van der Waals surface area contributed by atoms with E-state index in [9.17, 15) is 4.79 Å². The van der Waals surface area contributed by atoms with Crippen LogP contribution in [0.3, 0.4) is 0 Å². The van der Waals surface area contributed by atoms with Crippen LogP contribution in [0.5, 0.6) is 0 Å². The maximum absolute atomic E-state index is 13.1. The lowest BCUT2D eigenvalue weighted by Crippen LogP contribution is -2.27. The molecule has 0 aliphatic carbocycles. The molecular formula is C23H23ClN6OS2. The molecule has 1 atom stereocenters. The zero-order valence-electron chi connectivity index (χ0n) is 17.9. The second kappa shape index (κ2) is 10.8. The summed E-state index contributed by atoms with van der Waals surface area (Å²) < 4.78 is 1.71. The number of thioether (sulfide) groups is 1. The number of nitrogen functional groups attached to an aromatic ring is 1. The van der Waals surface area contributed by atoms with Gasteiger partial charge in [0.2, 0.25) is 11.9 Å². The molecule has 0 radical (unpaired) electrons. The molecule has 1 unspecified atom stereocenters. The number of aromatic nitrogens is 4. The molecule has 7 nitrogen and oxygen atoms in total. The topological polar surface area (TPSA) is 98.7 Å². The maximum Gasteiger partial charge on any atom is 0.249 e. The number of nitrogens with two attached hydrogens (primary N) is 1. The number of nitrogens with zero attached hydrogens (tertiary/aromatic N) is 4. The molecule has 10 heteroatoms. The van der Waals surface area contributed by atoms with Crippen molar-refractivity contribution < 1.29 is 4.79 Å². The molecule has 0 bridgehead atoms. The highest BCUT2D eigenvalue weighted by atomic mass is 35.5. The van der Waals surface area contributed by atoms with Gasteiger partial charge >= 0.3 is 0 Å². The van der Waals surface area contributed by atoms with Crippen molar-refractivity contribution in [2.75, 3.05) is 16.8 Å². The molecule has 0 saturated carbocycles. The van der Waals surface area contributed by atoms with E-state index >= 15 is 0 Å². The first-order valence-corrected chi connectivity index (χ1v) is 12.7. The van der Waals surface area contributed by atoms with Gasteiger partial charge in [0.05, 0.1) is 5.69 Å². The van der Waals surface area contributed by atoms with E-state index in [0.29, 0.717) is 21.7 Å². The van der Waals surface area contributed by atoms with Gasteiger partial charge in [-0.1, -0.05) is 72.8 Å². The van der Waals surface area contributed by atoms with Gasteiger partial charge in [0, 0.05) is 21.7 Å². The largest absolute Gasteiger partial charge is 0.368 e. The normalized spacial score (nSPS) is 11.9. The first-order chi connectivity index (χ1) is 16.0. The van der Waals surface area contributed by atoms with E-state index in [1.165, 1.54) is 28.7 Å². The highest BCUT2D eigenvalue weighted by Crippen LogP contribution is 2.29. The number of carbonyl (C=O) groups excluding carboxylic acids is 1. The minimum absolute atomic E-state index is 0.203. The van der Waals surface area contributed by atoms with Crippen LogP contribution < -0.4 is 11.1 Å². The molecule has 2 aromatic carbocycles. The summed E-state index contributed by atoms with van der Waals surface area (Å²) in [5.41, 5.74) is 9.05. The van der Waals surface area contributed by atoms with Crippen molar-refractivity contribution in [1.29, 1.82) is 0 Å². The Morgan fingerprint density at radius 1 is 1.18 bits per heavy atom. The van der Waals surface area contributed by atoms with Crippen molar-refractivity contribution in [2.45, 2.75) is 31.0 Å². The number of anilines is 2. The van der Waals surface area contributed by atoms with Crippen molar-refractivity contribution in [1.82, 2.24) is 19.7 Å². The van der Waals surface area contributed by atoms with Gasteiger partial charge in [-0.15, -0.1) is 21.5 Å². The number of carbonyl (C=O) groups is 1. The molecule has 4 rings (SSSR count). The van der Waals surface area contributed by atoms with E-state index in [-0.39, 0.29) is 11.9 Å². The fourth-order valence-electron chi connectivity index (χ4n) is 3.34. The van der Waals surface area contributed by atoms with Crippen molar-refractivity contribution in [3.05, 3.63) is 70.6 Å². The Morgan fingerprint density at radius 2 is 1.94 bits per heavy atom. The van der Waals surface area contributed by atoms with Gasteiger partial charge in [0.25, 0.3) is 0 Å². The number of nitrogens with one attached hydrogen (secondary N) is 1. The number of benzene rings is 2. The smallest absolute Gasteiger partial charge is 0.249 e. The molecule has 2 heterocycles. The van der Waals surface area contributed by atoms with E-state index in [0.717, 1.165) is 23.4 Å². The molecule has 0 fully saturated rings. The van der Waals surface area contributed by atoms with Crippen LogP contribution in [-0.4, -0.2) is 31.4 Å². The standard InChI is InChI=1S/C23H23ClN6OS2/c1-2-19(20(31)27-22-26-18(14-33-22)16-8-10-17(24)11-9-16)30-21(25)28-29-23(30)32-13-12-15-6-4-3-5-7-15/h3-11,14,19H,2,12-13H2,1H3,(H2,25,28)(H,26,27,31). The molecule has 4 aromatic rings. The highest BCUT2D eigenvalue weighted by molar-refractivity contribution is 7.99. The number of hydrogen-bond acceptors (Lipinski definition) is 7. The van der Waals surface area contributed by atoms with Crippen molar-refractivity contribution in [2.24, 2.45) is 0 Å². The predicted molar refractivity (Wildman–Crippen MR) is 136 cm³/mol. The average molecular weight is 499 g/mol. The van der Waals surface area contributed by atoms with Crippen LogP contribution in [0.15, 0.2) is 65.1 Å². The van der Waals surface area contributed by atoms with Crippen LogP contribution in [0.25, 0.3) is 11.3 Å². The van der Waals surface area contributed by atoms with Gasteiger partial charge in [-0.05, 0) is 30.5 Å². The van der Waals surface area contributed by atoms with Crippen LogP contribution >= 0.6 is 34.7 Å². The predicted octanol–water partition coefficient (Wildman–Crippen LogP) is 5.56. The fourth-order valence-corrected chi connectivity index (χ4v) is 5.17. The van der Waals surface area contributed by atoms with Gasteiger partial charge in [-0.25, -0.2) is 4.98 Å². The van der Waals surface area contributed by atoms with E-state index < -0.39 is 6.04 Å². The second-order valence-corrected chi connectivity index (χ2v) is 9.61. The van der Waals surface area contributed by atoms with E-state index in [2.05, 4.69) is 32.6 Å². The molecule has 0 spiro atoms.